The van der Waals surface area contributed by atoms with Gasteiger partial charge in [0.1, 0.15) is 0 Å². The van der Waals surface area contributed by atoms with E-state index in [2.05, 4.69) is 0 Å². The Balaban J connectivity index is 2.96. The van der Waals surface area contributed by atoms with Crippen LogP contribution < -0.4 is 11.5 Å². The second kappa shape index (κ2) is 3.76. The molecule has 0 bridgehead atoms. The summed E-state index contributed by atoms with van der Waals surface area (Å²) in [5, 5.41) is 0. The normalized spacial score (nSPS) is 11.3. The molecule has 1 aromatic carbocycles. The third-order valence-electron chi connectivity index (χ3n) is 1.68. The Bertz CT molecular complexity index is 338. The van der Waals surface area contributed by atoms with Crippen LogP contribution in [0.5, 0.6) is 0 Å². The van der Waals surface area contributed by atoms with Crippen molar-refractivity contribution in [2.24, 2.45) is 11.5 Å². The van der Waals surface area contributed by atoms with Crippen LogP contribution in [0.15, 0.2) is 30.3 Å². The molecule has 68 valence electrons. The first-order chi connectivity index (χ1) is 6.09. The highest BCUT2D eigenvalue weighted by molar-refractivity contribution is 5.93. The minimum Gasteiger partial charge on any atom is -0.398 e. The molecule has 0 saturated carbocycles. The Kier molecular flexibility index (Phi) is 2.69. The van der Waals surface area contributed by atoms with Crippen LogP contribution >= 0.6 is 0 Å². The van der Waals surface area contributed by atoms with Gasteiger partial charge >= 0.3 is 0 Å². The highest BCUT2D eigenvalue weighted by atomic mass is 16.1. The summed E-state index contributed by atoms with van der Waals surface area (Å²) in [4.78, 5) is 10.5. The first kappa shape index (κ1) is 9.32. The number of amides is 1. The standard InChI is InChI=1S/C10H12N2O/c1-7-2-4-8(5-3-7)9(11)6-10(12)13/h2-6H,11H2,1H3,(H2,12,13)/b9-6+. The molecular formula is C10H12N2O. The van der Waals surface area contributed by atoms with Crippen LogP contribution in [-0.2, 0) is 4.79 Å². The second-order valence-electron chi connectivity index (χ2n) is 2.87. The molecule has 0 radical (unpaired) electrons. The average molecular weight is 176 g/mol. The molecule has 0 heterocycles. The molecule has 1 amide bonds. The summed E-state index contributed by atoms with van der Waals surface area (Å²) in [5.74, 6) is -0.530. The fraction of sp³-hybridized carbons (Fsp3) is 0.100. The molecule has 0 unspecified atom stereocenters. The first-order valence-electron chi connectivity index (χ1n) is 3.93. The predicted molar refractivity (Wildman–Crippen MR) is 52.5 cm³/mol. The molecule has 13 heavy (non-hydrogen) atoms. The highest BCUT2D eigenvalue weighted by Gasteiger charge is 1.96. The van der Waals surface area contributed by atoms with Gasteiger partial charge in [0, 0.05) is 11.8 Å². The van der Waals surface area contributed by atoms with E-state index in [1.54, 1.807) is 0 Å². The van der Waals surface area contributed by atoms with Crippen LogP contribution in [0.2, 0.25) is 0 Å². The molecule has 1 aromatic rings. The van der Waals surface area contributed by atoms with Crippen molar-refractivity contribution in [2.45, 2.75) is 6.92 Å². The number of hydrogen-bond acceptors (Lipinski definition) is 2. The van der Waals surface area contributed by atoms with E-state index in [1.165, 1.54) is 6.08 Å². The molecule has 4 N–H and O–H groups in total. The van der Waals surface area contributed by atoms with E-state index in [0.29, 0.717) is 5.70 Å². The SMILES string of the molecule is Cc1ccc(/C(N)=C\C(N)=O)cc1. The lowest BCUT2D eigenvalue weighted by Crippen LogP contribution is -2.09. The molecule has 0 aliphatic carbocycles. The van der Waals surface area contributed by atoms with Gasteiger partial charge in [-0.15, -0.1) is 0 Å². The maximum Gasteiger partial charge on any atom is 0.243 e. The van der Waals surface area contributed by atoms with Gasteiger partial charge in [0.2, 0.25) is 5.91 Å². The van der Waals surface area contributed by atoms with Crippen LogP contribution in [-0.4, -0.2) is 5.91 Å². The summed E-state index contributed by atoms with van der Waals surface area (Å²) in [7, 11) is 0. The number of primary amides is 1. The van der Waals surface area contributed by atoms with E-state index in [-0.39, 0.29) is 0 Å². The predicted octanol–water partition coefficient (Wildman–Crippen LogP) is 0.780. The molecule has 0 aliphatic heterocycles. The highest BCUT2D eigenvalue weighted by Crippen LogP contribution is 2.09. The van der Waals surface area contributed by atoms with E-state index in [9.17, 15) is 4.79 Å². The Hall–Kier alpha value is -1.77. The molecule has 0 spiro atoms. The van der Waals surface area contributed by atoms with Gasteiger partial charge in [0.15, 0.2) is 0 Å². The summed E-state index contributed by atoms with van der Waals surface area (Å²) in [5.41, 5.74) is 12.9. The summed E-state index contributed by atoms with van der Waals surface area (Å²) in [6, 6.07) is 7.56. The maximum absolute atomic E-state index is 10.5. The third kappa shape index (κ3) is 2.63. The molecule has 0 atom stereocenters. The van der Waals surface area contributed by atoms with E-state index in [4.69, 9.17) is 11.5 Å². The minimum atomic E-state index is -0.530. The lowest BCUT2D eigenvalue weighted by atomic mass is 10.1. The Morgan fingerprint density at radius 1 is 1.23 bits per heavy atom. The van der Waals surface area contributed by atoms with Crippen LogP contribution in [0.25, 0.3) is 5.70 Å². The summed E-state index contributed by atoms with van der Waals surface area (Å²) in [6.07, 6.45) is 1.21. The minimum absolute atomic E-state index is 0.396. The Morgan fingerprint density at radius 2 is 1.77 bits per heavy atom. The van der Waals surface area contributed by atoms with Gasteiger partial charge in [0.25, 0.3) is 0 Å². The lowest BCUT2D eigenvalue weighted by molar-refractivity contribution is -0.113. The van der Waals surface area contributed by atoms with Crippen molar-refractivity contribution in [2.75, 3.05) is 0 Å². The molecule has 3 heteroatoms. The van der Waals surface area contributed by atoms with Crippen LogP contribution in [0.3, 0.4) is 0 Å². The van der Waals surface area contributed by atoms with Crippen molar-refractivity contribution in [3.63, 3.8) is 0 Å². The number of hydrogen-bond donors (Lipinski definition) is 2. The first-order valence-corrected chi connectivity index (χ1v) is 3.93. The summed E-state index contributed by atoms with van der Waals surface area (Å²) >= 11 is 0. The Morgan fingerprint density at radius 3 is 2.23 bits per heavy atom. The van der Waals surface area contributed by atoms with E-state index < -0.39 is 5.91 Å². The van der Waals surface area contributed by atoms with Gasteiger partial charge < -0.3 is 11.5 Å². The van der Waals surface area contributed by atoms with Crippen molar-refractivity contribution in [3.05, 3.63) is 41.5 Å². The molecule has 3 nitrogen and oxygen atoms in total. The zero-order chi connectivity index (χ0) is 9.84. The number of nitrogens with two attached hydrogens (primary N) is 2. The zero-order valence-corrected chi connectivity index (χ0v) is 7.45. The van der Waals surface area contributed by atoms with E-state index in [1.807, 2.05) is 31.2 Å². The molecule has 0 fully saturated rings. The van der Waals surface area contributed by atoms with E-state index in [0.717, 1.165) is 11.1 Å². The molecule has 0 saturated heterocycles. The van der Waals surface area contributed by atoms with Gasteiger partial charge in [-0.3, -0.25) is 4.79 Å². The molecular weight excluding hydrogens is 164 g/mol. The molecule has 1 rings (SSSR count). The van der Waals surface area contributed by atoms with Gasteiger partial charge in [-0.1, -0.05) is 29.8 Å². The third-order valence-corrected chi connectivity index (χ3v) is 1.68. The van der Waals surface area contributed by atoms with Crippen molar-refractivity contribution in [3.8, 4) is 0 Å². The zero-order valence-electron chi connectivity index (χ0n) is 7.45. The number of benzene rings is 1. The fourth-order valence-corrected chi connectivity index (χ4v) is 0.983. The molecule has 0 aliphatic rings. The smallest absolute Gasteiger partial charge is 0.243 e. The topological polar surface area (TPSA) is 69.1 Å². The van der Waals surface area contributed by atoms with Crippen LogP contribution in [0, 0.1) is 6.92 Å². The van der Waals surface area contributed by atoms with Gasteiger partial charge in [-0.25, -0.2) is 0 Å². The van der Waals surface area contributed by atoms with Crippen LogP contribution in [0.1, 0.15) is 11.1 Å². The van der Waals surface area contributed by atoms with Crippen molar-refractivity contribution in [1.29, 1.82) is 0 Å². The van der Waals surface area contributed by atoms with Gasteiger partial charge in [0.05, 0.1) is 0 Å². The van der Waals surface area contributed by atoms with Gasteiger partial charge in [-0.2, -0.15) is 0 Å². The average Bonchev–Trinajstić information content (AvgIpc) is 2.04. The number of carbonyl (C=O) groups excluding carboxylic acids is 1. The second-order valence-corrected chi connectivity index (χ2v) is 2.87. The quantitative estimate of drug-likeness (QED) is 0.654. The lowest BCUT2D eigenvalue weighted by Gasteiger charge is -2.00. The fourth-order valence-electron chi connectivity index (χ4n) is 0.983. The number of aryl methyl sites for hydroxylation is 1. The monoisotopic (exact) mass is 176 g/mol. The molecule has 0 aromatic heterocycles. The summed E-state index contributed by atoms with van der Waals surface area (Å²) < 4.78 is 0. The van der Waals surface area contributed by atoms with E-state index >= 15 is 0 Å². The Labute approximate surface area is 77.0 Å². The van der Waals surface area contributed by atoms with Crippen molar-refractivity contribution < 1.29 is 4.79 Å². The van der Waals surface area contributed by atoms with Crippen molar-refractivity contribution in [1.82, 2.24) is 0 Å². The number of rotatable bonds is 2. The van der Waals surface area contributed by atoms with Crippen molar-refractivity contribution >= 4 is 11.6 Å². The van der Waals surface area contributed by atoms with Crippen LogP contribution in [0.4, 0.5) is 0 Å². The maximum atomic E-state index is 10.5. The number of carbonyl (C=O) groups is 1. The summed E-state index contributed by atoms with van der Waals surface area (Å²) in [6.45, 7) is 1.98. The van der Waals surface area contributed by atoms with Gasteiger partial charge in [-0.05, 0) is 12.5 Å². The largest absolute Gasteiger partial charge is 0.398 e.